The second-order valence-corrected chi connectivity index (χ2v) is 6.32. The molecule has 1 spiro atoms. The van der Waals surface area contributed by atoms with Gasteiger partial charge in [0.2, 0.25) is 11.2 Å². The lowest BCUT2D eigenvalue weighted by Crippen LogP contribution is -2.35. The maximum Gasteiger partial charge on any atom is 0.410 e. The molecule has 1 amide bonds. The van der Waals surface area contributed by atoms with Crippen LogP contribution in [-0.2, 0) is 11.3 Å². The lowest BCUT2D eigenvalue weighted by Gasteiger charge is -2.25. The van der Waals surface area contributed by atoms with Crippen LogP contribution in [0.2, 0.25) is 0 Å². The number of likely N-dealkylation sites (N-methyl/N-ethyl adjacent to an activating group) is 1. The monoisotopic (exact) mass is 322 g/mol. The molecule has 23 heavy (non-hydrogen) atoms. The Labute approximate surface area is 134 Å². The van der Waals surface area contributed by atoms with E-state index in [1.165, 1.54) is 19.4 Å². The van der Waals surface area contributed by atoms with E-state index in [-0.39, 0.29) is 22.9 Å². The Morgan fingerprint density at radius 3 is 2.78 bits per heavy atom. The van der Waals surface area contributed by atoms with Crippen molar-refractivity contribution in [2.45, 2.75) is 31.4 Å². The molecule has 3 rings (SSSR count). The van der Waals surface area contributed by atoms with E-state index in [0.29, 0.717) is 18.8 Å². The Hall–Kier alpha value is -2.02. The SMILES string of the molecule is COc1coc(CN2CCCC3(CC2)CN(C)C(=O)O3)cc1=O. The van der Waals surface area contributed by atoms with Crippen LogP contribution in [-0.4, -0.2) is 55.3 Å². The Kier molecular flexibility index (Phi) is 4.30. The van der Waals surface area contributed by atoms with Gasteiger partial charge in [0.1, 0.15) is 17.6 Å². The molecule has 1 aromatic rings. The van der Waals surface area contributed by atoms with Gasteiger partial charge >= 0.3 is 6.09 Å². The maximum absolute atomic E-state index is 11.8. The first-order valence-electron chi connectivity index (χ1n) is 7.83. The van der Waals surface area contributed by atoms with Crippen molar-refractivity contribution in [3.8, 4) is 5.75 Å². The van der Waals surface area contributed by atoms with Crippen LogP contribution >= 0.6 is 0 Å². The largest absolute Gasteiger partial charge is 0.490 e. The van der Waals surface area contributed by atoms with Gasteiger partial charge in [-0.2, -0.15) is 0 Å². The lowest BCUT2D eigenvalue weighted by molar-refractivity contribution is 0.0441. The third-order valence-electron chi connectivity index (χ3n) is 4.58. The zero-order valence-electron chi connectivity index (χ0n) is 13.5. The minimum Gasteiger partial charge on any atom is -0.490 e. The van der Waals surface area contributed by atoms with Crippen LogP contribution in [0.25, 0.3) is 0 Å². The third-order valence-corrected chi connectivity index (χ3v) is 4.58. The molecule has 0 saturated carbocycles. The predicted molar refractivity (Wildman–Crippen MR) is 82.5 cm³/mol. The average Bonchev–Trinajstić information content (AvgIpc) is 2.67. The Bertz CT molecular complexity index is 644. The van der Waals surface area contributed by atoms with Crippen LogP contribution in [0.15, 0.2) is 21.5 Å². The molecular weight excluding hydrogens is 300 g/mol. The molecule has 3 heterocycles. The fourth-order valence-electron chi connectivity index (χ4n) is 3.32. The van der Waals surface area contributed by atoms with Crippen molar-refractivity contribution >= 4 is 6.09 Å². The minimum absolute atomic E-state index is 0.175. The van der Waals surface area contributed by atoms with Gasteiger partial charge in [0.25, 0.3) is 0 Å². The zero-order chi connectivity index (χ0) is 16.4. The van der Waals surface area contributed by atoms with Crippen molar-refractivity contribution in [1.82, 2.24) is 9.80 Å². The number of nitrogens with zero attached hydrogens (tertiary/aromatic N) is 2. The Balaban J connectivity index is 1.64. The summed E-state index contributed by atoms with van der Waals surface area (Å²) >= 11 is 0. The van der Waals surface area contributed by atoms with Gasteiger partial charge in [0, 0.05) is 26.1 Å². The average molecular weight is 322 g/mol. The molecule has 7 nitrogen and oxygen atoms in total. The van der Waals surface area contributed by atoms with E-state index in [0.717, 1.165) is 32.4 Å². The van der Waals surface area contributed by atoms with Crippen LogP contribution in [0.3, 0.4) is 0 Å². The van der Waals surface area contributed by atoms with Crippen molar-refractivity contribution in [1.29, 1.82) is 0 Å². The third kappa shape index (κ3) is 3.34. The van der Waals surface area contributed by atoms with E-state index in [4.69, 9.17) is 13.9 Å². The molecular formula is C16H22N2O5. The summed E-state index contributed by atoms with van der Waals surface area (Å²) in [6.45, 7) is 2.91. The van der Waals surface area contributed by atoms with Crippen LogP contribution < -0.4 is 10.2 Å². The summed E-state index contributed by atoms with van der Waals surface area (Å²) in [7, 11) is 3.21. The maximum atomic E-state index is 11.8. The van der Waals surface area contributed by atoms with Crippen molar-refractivity contribution in [2.75, 3.05) is 33.8 Å². The van der Waals surface area contributed by atoms with Gasteiger partial charge in [-0.1, -0.05) is 0 Å². The summed E-state index contributed by atoms with van der Waals surface area (Å²) in [5.41, 5.74) is -0.534. The van der Waals surface area contributed by atoms with Crippen LogP contribution in [0.5, 0.6) is 5.75 Å². The molecule has 126 valence electrons. The first-order valence-corrected chi connectivity index (χ1v) is 7.83. The molecule has 2 saturated heterocycles. The molecule has 1 aromatic heterocycles. The highest BCUT2D eigenvalue weighted by molar-refractivity contribution is 5.70. The fourth-order valence-corrected chi connectivity index (χ4v) is 3.32. The van der Waals surface area contributed by atoms with E-state index < -0.39 is 0 Å². The van der Waals surface area contributed by atoms with Gasteiger partial charge in [-0.15, -0.1) is 0 Å². The number of rotatable bonds is 3. The molecule has 7 heteroatoms. The summed E-state index contributed by atoms with van der Waals surface area (Å²) in [6.07, 6.45) is 3.72. The lowest BCUT2D eigenvalue weighted by atomic mass is 9.95. The summed E-state index contributed by atoms with van der Waals surface area (Å²) in [5.74, 6) is 0.830. The summed E-state index contributed by atoms with van der Waals surface area (Å²) in [5, 5.41) is 0. The van der Waals surface area contributed by atoms with Gasteiger partial charge in [-0.05, 0) is 19.4 Å². The second-order valence-electron chi connectivity index (χ2n) is 6.32. The molecule has 2 aliphatic heterocycles. The first-order chi connectivity index (χ1) is 11.0. The number of methoxy groups -OCH3 is 1. The van der Waals surface area contributed by atoms with Crippen molar-refractivity contribution in [3.63, 3.8) is 0 Å². The minimum atomic E-state index is -0.360. The molecule has 0 aromatic carbocycles. The molecule has 1 atom stereocenters. The highest BCUT2D eigenvalue weighted by atomic mass is 16.6. The smallest absolute Gasteiger partial charge is 0.410 e. The quantitative estimate of drug-likeness (QED) is 0.839. The highest BCUT2D eigenvalue weighted by Gasteiger charge is 2.44. The predicted octanol–water partition coefficient (Wildman–Crippen LogP) is 1.46. The van der Waals surface area contributed by atoms with Crippen molar-refractivity contribution in [2.24, 2.45) is 0 Å². The topological polar surface area (TPSA) is 72.2 Å². The number of ether oxygens (including phenoxy) is 2. The molecule has 2 aliphatic rings. The van der Waals surface area contributed by atoms with Gasteiger partial charge in [0.15, 0.2) is 0 Å². The van der Waals surface area contributed by atoms with E-state index in [9.17, 15) is 9.59 Å². The molecule has 0 aliphatic carbocycles. The number of amides is 1. The highest BCUT2D eigenvalue weighted by Crippen LogP contribution is 2.32. The second kappa shape index (κ2) is 6.23. The van der Waals surface area contributed by atoms with Crippen molar-refractivity contribution < 1.29 is 18.7 Å². The first kappa shape index (κ1) is 15.9. The molecule has 1 unspecified atom stereocenters. The number of carbonyl (C=O) groups is 1. The summed E-state index contributed by atoms with van der Waals surface area (Å²) < 4.78 is 16.0. The summed E-state index contributed by atoms with van der Waals surface area (Å²) in [6, 6.07) is 1.48. The van der Waals surface area contributed by atoms with Crippen LogP contribution in [0.4, 0.5) is 4.79 Å². The number of hydrogen-bond donors (Lipinski definition) is 0. The van der Waals surface area contributed by atoms with Crippen molar-refractivity contribution in [3.05, 3.63) is 28.3 Å². The van der Waals surface area contributed by atoms with Gasteiger partial charge in [-0.3, -0.25) is 9.69 Å². The molecule has 0 N–H and O–H groups in total. The number of likely N-dealkylation sites (tertiary alicyclic amines) is 1. The standard InChI is InChI=1S/C16H22N2O5/c1-17-11-16(23-15(17)20)4-3-6-18(7-5-16)9-12-8-13(19)14(21-2)10-22-12/h8,10H,3-7,9,11H2,1-2H3. The fraction of sp³-hybridized carbons (Fsp3) is 0.625. The summed E-state index contributed by atoms with van der Waals surface area (Å²) in [4.78, 5) is 27.3. The van der Waals surface area contributed by atoms with Gasteiger partial charge < -0.3 is 18.8 Å². The van der Waals surface area contributed by atoms with E-state index in [1.54, 1.807) is 11.9 Å². The zero-order valence-corrected chi connectivity index (χ0v) is 13.5. The van der Waals surface area contributed by atoms with E-state index >= 15 is 0 Å². The molecule has 2 fully saturated rings. The molecule has 0 bridgehead atoms. The Morgan fingerprint density at radius 1 is 1.30 bits per heavy atom. The number of carbonyl (C=O) groups excluding carboxylic acids is 1. The normalized spacial score (nSPS) is 25.5. The van der Waals surface area contributed by atoms with Crippen LogP contribution in [0, 0.1) is 0 Å². The van der Waals surface area contributed by atoms with Gasteiger partial charge in [0.05, 0.1) is 20.2 Å². The number of hydrogen-bond acceptors (Lipinski definition) is 6. The van der Waals surface area contributed by atoms with E-state index in [1.807, 2.05) is 0 Å². The Morgan fingerprint density at radius 2 is 2.13 bits per heavy atom. The van der Waals surface area contributed by atoms with Crippen LogP contribution in [0.1, 0.15) is 25.0 Å². The molecule has 0 radical (unpaired) electrons. The van der Waals surface area contributed by atoms with E-state index in [2.05, 4.69) is 4.90 Å². The van der Waals surface area contributed by atoms with Gasteiger partial charge in [-0.25, -0.2) is 4.79 Å².